The second-order valence-electron chi connectivity index (χ2n) is 4.06. The Morgan fingerprint density at radius 3 is 2.85 bits per heavy atom. The molecule has 0 aromatic heterocycles. The van der Waals surface area contributed by atoms with Crippen molar-refractivity contribution in [2.45, 2.75) is 31.8 Å². The lowest BCUT2D eigenvalue weighted by Crippen LogP contribution is -2.64. The van der Waals surface area contributed by atoms with Gasteiger partial charge < -0.3 is 4.74 Å². The van der Waals surface area contributed by atoms with Crippen molar-refractivity contribution in [3.63, 3.8) is 0 Å². The Kier molecular flexibility index (Phi) is 2.57. The van der Waals surface area contributed by atoms with Crippen molar-refractivity contribution in [3.05, 3.63) is 0 Å². The van der Waals surface area contributed by atoms with Gasteiger partial charge in [0.15, 0.2) is 0 Å². The van der Waals surface area contributed by atoms with Crippen LogP contribution in [0.1, 0.15) is 26.2 Å². The smallest absolute Gasteiger partial charge is 0.0935 e. The standard InChI is InChI=1S/C11H17NO/c1-2-3-7-12-9-11(10-12)6-4-5-8-13-11/h4-10H2,1H3. The Morgan fingerprint density at radius 2 is 2.23 bits per heavy atom. The second kappa shape index (κ2) is 3.69. The van der Waals surface area contributed by atoms with Crippen LogP contribution < -0.4 is 0 Å². The maximum atomic E-state index is 5.82. The lowest BCUT2D eigenvalue weighted by Gasteiger charge is -2.51. The average molecular weight is 179 g/mol. The lowest BCUT2D eigenvalue weighted by molar-refractivity contribution is -0.162. The van der Waals surface area contributed by atoms with E-state index in [9.17, 15) is 0 Å². The number of hydrogen-bond acceptors (Lipinski definition) is 2. The van der Waals surface area contributed by atoms with Crippen LogP contribution in [0.3, 0.4) is 0 Å². The molecule has 13 heavy (non-hydrogen) atoms. The molecule has 0 aliphatic carbocycles. The lowest BCUT2D eigenvalue weighted by atomic mass is 9.86. The molecule has 0 N–H and O–H groups in total. The Labute approximate surface area is 80.2 Å². The molecule has 0 unspecified atom stereocenters. The zero-order valence-corrected chi connectivity index (χ0v) is 8.31. The first-order valence-corrected chi connectivity index (χ1v) is 5.11. The Bertz CT molecular complexity index is 224. The molecular formula is C11H17NO. The molecule has 72 valence electrons. The molecular weight excluding hydrogens is 162 g/mol. The zero-order chi connectivity index (χ0) is 9.15. The van der Waals surface area contributed by atoms with Crippen LogP contribution in [-0.2, 0) is 4.74 Å². The summed E-state index contributed by atoms with van der Waals surface area (Å²) in [5.41, 5.74) is 0.230. The summed E-state index contributed by atoms with van der Waals surface area (Å²) in [5, 5.41) is 0. The first-order chi connectivity index (χ1) is 6.35. The van der Waals surface area contributed by atoms with Crippen molar-refractivity contribution in [2.24, 2.45) is 0 Å². The summed E-state index contributed by atoms with van der Waals surface area (Å²) in [6.07, 6.45) is 3.84. The fourth-order valence-electron chi connectivity index (χ4n) is 2.23. The van der Waals surface area contributed by atoms with Crippen molar-refractivity contribution >= 4 is 0 Å². The maximum Gasteiger partial charge on any atom is 0.0935 e. The minimum atomic E-state index is 0.230. The van der Waals surface area contributed by atoms with E-state index in [0.29, 0.717) is 0 Å². The average Bonchev–Trinajstić information content (AvgIpc) is 2.13. The molecule has 1 spiro atoms. The first kappa shape index (κ1) is 9.05. The van der Waals surface area contributed by atoms with Gasteiger partial charge in [-0.15, -0.1) is 5.92 Å². The summed E-state index contributed by atoms with van der Waals surface area (Å²) in [4.78, 5) is 2.36. The van der Waals surface area contributed by atoms with Crippen molar-refractivity contribution in [1.29, 1.82) is 0 Å². The molecule has 2 saturated heterocycles. The van der Waals surface area contributed by atoms with Crippen molar-refractivity contribution < 1.29 is 4.74 Å². The highest BCUT2D eigenvalue weighted by atomic mass is 16.5. The van der Waals surface area contributed by atoms with Gasteiger partial charge in [-0.25, -0.2) is 0 Å². The molecule has 0 bridgehead atoms. The number of rotatable bonds is 1. The van der Waals surface area contributed by atoms with E-state index in [2.05, 4.69) is 16.7 Å². The minimum absolute atomic E-state index is 0.230. The number of hydrogen-bond donors (Lipinski definition) is 0. The normalized spacial score (nSPS) is 26.2. The highest BCUT2D eigenvalue weighted by molar-refractivity contribution is 5.05. The Balaban J connectivity index is 1.77. The molecule has 2 fully saturated rings. The van der Waals surface area contributed by atoms with E-state index in [1.165, 1.54) is 19.3 Å². The van der Waals surface area contributed by atoms with Gasteiger partial charge in [-0.3, -0.25) is 4.90 Å². The molecule has 2 heterocycles. The Morgan fingerprint density at radius 1 is 1.38 bits per heavy atom. The molecule has 0 aromatic rings. The van der Waals surface area contributed by atoms with E-state index in [1.807, 2.05) is 6.92 Å². The third-order valence-corrected chi connectivity index (χ3v) is 2.94. The third-order valence-electron chi connectivity index (χ3n) is 2.94. The van der Waals surface area contributed by atoms with E-state index in [0.717, 1.165) is 26.2 Å². The topological polar surface area (TPSA) is 12.5 Å². The summed E-state index contributed by atoms with van der Waals surface area (Å²) >= 11 is 0. The predicted molar refractivity (Wildman–Crippen MR) is 52.4 cm³/mol. The quantitative estimate of drug-likeness (QED) is 0.562. The zero-order valence-electron chi connectivity index (χ0n) is 8.31. The monoisotopic (exact) mass is 179 g/mol. The fourth-order valence-corrected chi connectivity index (χ4v) is 2.23. The van der Waals surface area contributed by atoms with Gasteiger partial charge >= 0.3 is 0 Å². The van der Waals surface area contributed by atoms with Crippen LogP contribution in [0, 0.1) is 11.8 Å². The van der Waals surface area contributed by atoms with Gasteiger partial charge in [-0.05, 0) is 26.2 Å². The molecule has 2 aliphatic rings. The van der Waals surface area contributed by atoms with E-state index >= 15 is 0 Å². The number of nitrogens with zero attached hydrogens (tertiary/aromatic N) is 1. The molecule has 0 atom stereocenters. The molecule has 2 aliphatic heterocycles. The van der Waals surface area contributed by atoms with Gasteiger partial charge in [0.25, 0.3) is 0 Å². The van der Waals surface area contributed by atoms with Gasteiger partial charge in [0.1, 0.15) is 0 Å². The third kappa shape index (κ3) is 1.87. The van der Waals surface area contributed by atoms with E-state index in [4.69, 9.17) is 4.74 Å². The van der Waals surface area contributed by atoms with Gasteiger partial charge in [0.2, 0.25) is 0 Å². The van der Waals surface area contributed by atoms with Crippen molar-refractivity contribution in [3.8, 4) is 11.8 Å². The van der Waals surface area contributed by atoms with Crippen LogP contribution >= 0.6 is 0 Å². The van der Waals surface area contributed by atoms with Gasteiger partial charge in [0, 0.05) is 19.7 Å². The minimum Gasteiger partial charge on any atom is -0.372 e. The maximum absolute atomic E-state index is 5.82. The number of likely N-dealkylation sites (tertiary alicyclic amines) is 1. The van der Waals surface area contributed by atoms with Gasteiger partial charge in [0.05, 0.1) is 12.1 Å². The summed E-state index contributed by atoms with van der Waals surface area (Å²) in [7, 11) is 0. The van der Waals surface area contributed by atoms with Crippen LogP contribution in [0.5, 0.6) is 0 Å². The molecule has 2 nitrogen and oxygen atoms in total. The molecule has 0 radical (unpaired) electrons. The summed E-state index contributed by atoms with van der Waals surface area (Å²) < 4.78 is 5.82. The second-order valence-corrected chi connectivity index (χ2v) is 4.06. The van der Waals surface area contributed by atoms with Crippen LogP contribution in [0.25, 0.3) is 0 Å². The largest absolute Gasteiger partial charge is 0.372 e. The van der Waals surface area contributed by atoms with Crippen molar-refractivity contribution in [1.82, 2.24) is 4.90 Å². The summed E-state index contributed by atoms with van der Waals surface area (Å²) in [5.74, 6) is 6.02. The molecule has 2 heteroatoms. The van der Waals surface area contributed by atoms with Crippen LogP contribution in [0.2, 0.25) is 0 Å². The summed E-state index contributed by atoms with van der Waals surface area (Å²) in [6.45, 7) is 5.98. The highest BCUT2D eigenvalue weighted by Crippen LogP contribution is 2.33. The van der Waals surface area contributed by atoms with E-state index in [-0.39, 0.29) is 5.60 Å². The Hall–Kier alpha value is -0.520. The SMILES string of the molecule is CC#CCN1CC2(CCCCO2)C1. The van der Waals surface area contributed by atoms with Gasteiger partial charge in [-0.2, -0.15) is 0 Å². The number of ether oxygens (including phenoxy) is 1. The molecule has 0 amide bonds. The molecule has 0 saturated carbocycles. The molecule has 2 rings (SSSR count). The summed E-state index contributed by atoms with van der Waals surface area (Å²) in [6, 6.07) is 0. The van der Waals surface area contributed by atoms with Crippen LogP contribution in [0.4, 0.5) is 0 Å². The van der Waals surface area contributed by atoms with Gasteiger partial charge in [-0.1, -0.05) is 5.92 Å². The highest BCUT2D eigenvalue weighted by Gasteiger charge is 2.44. The first-order valence-electron chi connectivity index (χ1n) is 5.11. The van der Waals surface area contributed by atoms with Crippen LogP contribution in [0.15, 0.2) is 0 Å². The predicted octanol–water partition coefficient (Wildman–Crippen LogP) is 1.26. The van der Waals surface area contributed by atoms with E-state index in [1.54, 1.807) is 0 Å². The van der Waals surface area contributed by atoms with Crippen LogP contribution in [-0.4, -0.2) is 36.7 Å². The molecule has 0 aromatic carbocycles. The fraction of sp³-hybridized carbons (Fsp3) is 0.818. The van der Waals surface area contributed by atoms with E-state index < -0.39 is 0 Å². The van der Waals surface area contributed by atoms with Crippen molar-refractivity contribution in [2.75, 3.05) is 26.2 Å².